The zero-order valence-corrected chi connectivity index (χ0v) is 10.7. The lowest BCUT2D eigenvalue weighted by atomic mass is 10.1. The third-order valence-corrected chi connectivity index (χ3v) is 4.05. The van der Waals surface area contributed by atoms with E-state index in [4.69, 9.17) is 10.5 Å². The van der Waals surface area contributed by atoms with Crippen molar-refractivity contribution in [2.45, 2.75) is 24.7 Å². The summed E-state index contributed by atoms with van der Waals surface area (Å²) in [5, 5.41) is 10.4. The number of primary amides is 1. The van der Waals surface area contributed by atoms with Crippen LogP contribution >= 0.6 is 0 Å². The molecule has 1 aromatic rings. The number of aliphatic hydroxyl groups is 1. The topological polar surface area (TPSA) is 75.8 Å². The number of fused-ring (bicyclic) bond motifs is 1. The van der Waals surface area contributed by atoms with Gasteiger partial charge in [0.25, 0.3) is 0 Å². The molecular formula is C14H18N2O3. The van der Waals surface area contributed by atoms with Gasteiger partial charge in [-0.2, -0.15) is 0 Å². The van der Waals surface area contributed by atoms with Gasteiger partial charge in [-0.15, -0.1) is 0 Å². The van der Waals surface area contributed by atoms with Gasteiger partial charge >= 0.3 is 0 Å². The standard InChI is InChI=1S/C14H18N2O3/c15-14(18)12-8-16(5-6-19-12)11-7-9-3-1-2-4-10(9)13(11)17/h1-4,11-13,17H,5-8H2,(H2,15,18). The number of benzene rings is 1. The van der Waals surface area contributed by atoms with Crippen LogP contribution in [0.2, 0.25) is 0 Å². The largest absolute Gasteiger partial charge is 0.387 e. The molecule has 1 aliphatic carbocycles. The van der Waals surface area contributed by atoms with Gasteiger partial charge in [0.2, 0.25) is 5.91 Å². The molecule has 1 amide bonds. The molecule has 3 atom stereocenters. The van der Waals surface area contributed by atoms with E-state index in [9.17, 15) is 9.90 Å². The molecule has 1 aromatic carbocycles. The van der Waals surface area contributed by atoms with Crippen LogP contribution in [0.25, 0.3) is 0 Å². The Morgan fingerprint density at radius 1 is 1.42 bits per heavy atom. The molecule has 1 saturated heterocycles. The number of hydrogen-bond donors (Lipinski definition) is 2. The summed E-state index contributed by atoms with van der Waals surface area (Å²) in [6.45, 7) is 1.66. The quantitative estimate of drug-likeness (QED) is 0.776. The number of nitrogens with two attached hydrogens (primary N) is 1. The molecule has 19 heavy (non-hydrogen) atoms. The predicted molar refractivity (Wildman–Crippen MR) is 69.4 cm³/mol. The number of morpholine rings is 1. The summed E-state index contributed by atoms with van der Waals surface area (Å²) in [5.74, 6) is -0.435. The summed E-state index contributed by atoms with van der Waals surface area (Å²) < 4.78 is 5.34. The number of ether oxygens (including phenoxy) is 1. The molecule has 1 aliphatic heterocycles. The number of rotatable bonds is 2. The second-order valence-corrected chi connectivity index (χ2v) is 5.17. The highest BCUT2D eigenvalue weighted by molar-refractivity contribution is 5.79. The Bertz CT molecular complexity index is 491. The van der Waals surface area contributed by atoms with Crippen LogP contribution in [-0.2, 0) is 16.0 Å². The highest BCUT2D eigenvalue weighted by Crippen LogP contribution is 2.34. The van der Waals surface area contributed by atoms with E-state index in [0.29, 0.717) is 13.2 Å². The van der Waals surface area contributed by atoms with Crippen molar-refractivity contribution >= 4 is 5.91 Å². The molecule has 0 radical (unpaired) electrons. The average Bonchev–Trinajstić information content (AvgIpc) is 2.77. The van der Waals surface area contributed by atoms with E-state index in [-0.39, 0.29) is 6.04 Å². The summed E-state index contributed by atoms with van der Waals surface area (Å²) in [7, 11) is 0. The average molecular weight is 262 g/mol. The monoisotopic (exact) mass is 262 g/mol. The molecule has 2 aliphatic rings. The van der Waals surface area contributed by atoms with Crippen molar-refractivity contribution in [3.8, 4) is 0 Å². The summed E-state index contributed by atoms with van der Waals surface area (Å²) in [5.41, 5.74) is 7.47. The predicted octanol–water partition coefficient (Wildman–Crippen LogP) is -0.169. The Labute approximate surface area is 112 Å². The Morgan fingerprint density at radius 3 is 2.95 bits per heavy atom. The SMILES string of the molecule is NC(=O)C1CN(C2Cc3ccccc3C2O)CCO1. The normalized spacial score (nSPS) is 31.1. The van der Waals surface area contributed by atoms with Gasteiger partial charge in [0.05, 0.1) is 12.7 Å². The van der Waals surface area contributed by atoms with Gasteiger partial charge in [0, 0.05) is 19.1 Å². The fourth-order valence-corrected chi connectivity index (χ4v) is 3.02. The smallest absolute Gasteiger partial charge is 0.247 e. The fourth-order valence-electron chi connectivity index (χ4n) is 3.02. The van der Waals surface area contributed by atoms with Crippen LogP contribution < -0.4 is 5.73 Å². The second-order valence-electron chi connectivity index (χ2n) is 5.17. The maximum absolute atomic E-state index is 11.2. The lowest BCUT2D eigenvalue weighted by molar-refractivity contribution is -0.137. The Kier molecular flexibility index (Phi) is 3.26. The summed E-state index contributed by atoms with van der Waals surface area (Å²) in [6.07, 6.45) is -0.254. The lowest BCUT2D eigenvalue weighted by Gasteiger charge is -2.36. The Hall–Kier alpha value is -1.43. The first-order valence-electron chi connectivity index (χ1n) is 6.57. The highest BCUT2D eigenvalue weighted by Gasteiger charge is 2.38. The van der Waals surface area contributed by atoms with Gasteiger partial charge in [0.1, 0.15) is 6.10 Å². The number of amides is 1. The molecule has 5 nitrogen and oxygen atoms in total. The summed E-state index contributed by atoms with van der Waals surface area (Å²) in [6, 6.07) is 7.95. The van der Waals surface area contributed by atoms with Gasteiger partial charge in [-0.25, -0.2) is 0 Å². The molecular weight excluding hydrogens is 244 g/mol. The van der Waals surface area contributed by atoms with Gasteiger partial charge in [-0.1, -0.05) is 24.3 Å². The number of carbonyl (C=O) groups is 1. The van der Waals surface area contributed by atoms with Crippen LogP contribution in [0.15, 0.2) is 24.3 Å². The Morgan fingerprint density at radius 2 is 2.21 bits per heavy atom. The lowest BCUT2D eigenvalue weighted by Crippen LogP contribution is -2.52. The van der Waals surface area contributed by atoms with E-state index in [0.717, 1.165) is 18.5 Å². The first-order valence-corrected chi connectivity index (χ1v) is 6.57. The van der Waals surface area contributed by atoms with E-state index in [2.05, 4.69) is 4.90 Å². The number of hydrogen-bond acceptors (Lipinski definition) is 4. The summed E-state index contributed by atoms with van der Waals surface area (Å²) >= 11 is 0. The molecule has 3 N–H and O–H groups in total. The number of nitrogens with zero attached hydrogens (tertiary/aromatic N) is 1. The molecule has 0 saturated carbocycles. The molecule has 3 rings (SSSR count). The molecule has 3 unspecified atom stereocenters. The van der Waals surface area contributed by atoms with Crippen LogP contribution in [0.5, 0.6) is 0 Å². The summed E-state index contributed by atoms with van der Waals surface area (Å²) in [4.78, 5) is 13.3. The van der Waals surface area contributed by atoms with Gasteiger partial charge in [-0.05, 0) is 17.5 Å². The molecule has 0 aromatic heterocycles. The van der Waals surface area contributed by atoms with Gasteiger partial charge in [0.15, 0.2) is 0 Å². The first-order chi connectivity index (χ1) is 9.16. The molecule has 1 heterocycles. The van der Waals surface area contributed by atoms with Crippen LogP contribution in [0.4, 0.5) is 0 Å². The van der Waals surface area contributed by atoms with Crippen molar-refractivity contribution in [2.24, 2.45) is 5.73 Å². The van der Waals surface area contributed by atoms with Crippen LogP contribution in [0, 0.1) is 0 Å². The fraction of sp³-hybridized carbons (Fsp3) is 0.500. The minimum Gasteiger partial charge on any atom is -0.387 e. The molecule has 5 heteroatoms. The van der Waals surface area contributed by atoms with Crippen molar-refractivity contribution in [2.75, 3.05) is 19.7 Å². The second kappa shape index (κ2) is 4.92. The van der Waals surface area contributed by atoms with Crippen LogP contribution in [-0.4, -0.2) is 47.8 Å². The van der Waals surface area contributed by atoms with Gasteiger partial charge in [-0.3, -0.25) is 9.69 Å². The third kappa shape index (κ3) is 2.25. The van der Waals surface area contributed by atoms with E-state index in [1.807, 2.05) is 24.3 Å². The zero-order chi connectivity index (χ0) is 13.4. The van der Waals surface area contributed by atoms with E-state index >= 15 is 0 Å². The minimum absolute atomic E-state index is 0.0168. The molecule has 0 spiro atoms. The van der Waals surface area contributed by atoms with E-state index in [1.165, 1.54) is 5.56 Å². The molecule has 102 valence electrons. The third-order valence-electron chi connectivity index (χ3n) is 4.05. The minimum atomic E-state index is -0.565. The first kappa shape index (κ1) is 12.6. The maximum Gasteiger partial charge on any atom is 0.247 e. The van der Waals surface area contributed by atoms with E-state index < -0.39 is 18.1 Å². The number of aliphatic hydroxyl groups excluding tert-OH is 1. The number of carbonyl (C=O) groups excluding carboxylic acids is 1. The maximum atomic E-state index is 11.2. The van der Waals surface area contributed by atoms with Gasteiger partial charge < -0.3 is 15.6 Å². The highest BCUT2D eigenvalue weighted by atomic mass is 16.5. The van der Waals surface area contributed by atoms with Crippen molar-refractivity contribution in [3.05, 3.63) is 35.4 Å². The Balaban J connectivity index is 1.76. The van der Waals surface area contributed by atoms with Crippen LogP contribution in [0.3, 0.4) is 0 Å². The van der Waals surface area contributed by atoms with Crippen LogP contribution in [0.1, 0.15) is 17.2 Å². The van der Waals surface area contributed by atoms with Crippen molar-refractivity contribution in [1.29, 1.82) is 0 Å². The van der Waals surface area contributed by atoms with Crippen molar-refractivity contribution in [3.63, 3.8) is 0 Å². The molecule has 0 bridgehead atoms. The van der Waals surface area contributed by atoms with Crippen molar-refractivity contribution < 1.29 is 14.6 Å². The zero-order valence-electron chi connectivity index (χ0n) is 10.7. The molecule has 1 fully saturated rings. The van der Waals surface area contributed by atoms with Crippen molar-refractivity contribution in [1.82, 2.24) is 4.90 Å². The van der Waals surface area contributed by atoms with E-state index in [1.54, 1.807) is 0 Å².